The van der Waals surface area contributed by atoms with Gasteiger partial charge in [0.2, 0.25) is 0 Å². The van der Waals surface area contributed by atoms with Gasteiger partial charge in [0.05, 0.1) is 0 Å². The zero-order valence-corrected chi connectivity index (χ0v) is 6.47. The average Bonchev–Trinajstić information content (AvgIpc) is 2.08. The van der Waals surface area contributed by atoms with Crippen molar-refractivity contribution in [3.05, 3.63) is 29.1 Å². The van der Waals surface area contributed by atoms with E-state index in [2.05, 4.69) is 7.85 Å². The second-order valence-electron chi connectivity index (χ2n) is 1.98. The molecule has 0 saturated heterocycles. The number of benzene rings is 1. The Kier molecular flexibility index (Phi) is 4.01. The van der Waals surface area contributed by atoms with Crippen LogP contribution in [0.2, 0.25) is 0 Å². The van der Waals surface area contributed by atoms with E-state index in [-0.39, 0.29) is 20.3 Å². The summed E-state index contributed by atoms with van der Waals surface area (Å²) < 4.78 is 61.1. The van der Waals surface area contributed by atoms with Gasteiger partial charge >= 0.3 is 18.9 Å². The molecule has 0 aliphatic carbocycles. The van der Waals surface area contributed by atoms with Crippen LogP contribution in [0.15, 0.2) is 0 Å². The maximum Gasteiger partial charge on any atom is 1.00 e. The van der Waals surface area contributed by atoms with Gasteiger partial charge in [-0.1, -0.05) is 0 Å². The van der Waals surface area contributed by atoms with Crippen molar-refractivity contribution < 1.29 is 42.2 Å². The van der Waals surface area contributed by atoms with E-state index >= 15 is 0 Å². The third-order valence-corrected chi connectivity index (χ3v) is 1.24. The molecule has 0 fully saturated rings. The SMILES string of the molecule is [B]c1c(F)c(F)c(F)c(F)c1F.[H-].[Li+]. The molecule has 0 saturated carbocycles. The molecular weight excluding hydrogens is 185 g/mol. The summed E-state index contributed by atoms with van der Waals surface area (Å²) in [6.07, 6.45) is 0. The fourth-order valence-corrected chi connectivity index (χ4v) is 0.622. The largest absolute Gasteiger partial charge is 1.00 e. The molecule has 2 radical (unpaired) electrons. The van der Waals surface area contributed by atoms with Gasteiger partial charge < -0.3 is 1.43 Å². The quantitative estimate of drug-likeness (QED) is 0.196. The van der Waals surface area contributed by atoms with E-state index in [4.69, 9.17) is 0 Å². The number of halogens is 5. The fraction of sp³-hybridized carbons (Fsp3) is 0. The van der Waals surface area contributed by atoms with Crippen molar-refractivity contribution in [2.75, 3.05) is 0 Å². The molecule has 0 atom stereocenters. The zero-order chi connectivity index (χ0) is 9.46. The summed E-state index contributed by atoms with van der Waals surface area (Å²) in [4.78, 5) is 0. The summed E-state index contributed by atoms with van der Waals surface area (Å²) in [5, 5.41) is 0. The van der Waals surface area contributed by atoms with Crippen molar-refractivity contribution in [1.29, 1.82) is 0 Å². The molecule has 0 N–H and O–H groups in total. The molecule has 0 aliphatic rings. The summed E-state index contributed by atoms with van der Waals surface area (Å²) >= 11 is 0. The molecule has 0 amide bonds. The van der Waals surface area contributed by atoms with E-state index in [0.29, 0.717) is 0 Å². The molecule has 1 rings (SSSR count). The van der Waals surface area contributed by atoms with Gasteiger partial charge in [0.15, 0.2) is 29.1 Å². The van der Waals surface area contributed by atoms with Gasteiger partial charge in [-0.25, -0.2) is 22.0 Å². The Morgan fingerprint density at radius 3 is 1.23 bits per heavy atom. The molecule has 0 nitrogen and oxygen atoms in total. The van der Waals surface area contributed by atoms with E-state index in [1.54, 1.807) is 0 Å². The normalized spacial score (nSPS) is 9.62. The van der Waals surface area contributed by atoms with Crippen LogP contribution in [0.3, 0.4) is 0 Å². The maximum atomic E-state index is 12.3. The van der Waals surface area contributed by atoms with Crippen LogP contribution in [0.25, 0.3) is 0 Å². The molecule has 0 heterocycles. The summed E-state index contributed by atoms with van der Waals surface area (Å²) in [7, 11) is 4.56. The first kappa shape index (κ1) is 12.5. The van der Waals surface area contributed by atoms with Crippen molar-refractivity contribution in [2.45, 2.75) is 0 Å². The van der Waals surface area contributed by atoms with E-state index in [1.165, 1.54) is 0 Å². The van der Waals surface area contributed by atoms with Crippen LogP contribution in [0, 0.1) is 29.1 Å². The molecule has 0 aromatic heterocycles. The van der Waals surface area contributed by atoms with Gasteiger partial charge in [0.25, 0.3) is 0 Å². The predicted octanol–water partition coefficient (Wildman–Crippen LogP) is -1.71. The van der Waals surface area contributed by atoms with Crippen LogP contribution in [-0.4, -0.2) is 7.85 Å². The van der Waals surface area contributed by atoms with E-state index in [0.717, 1.165) is 0 Å². The van der Waals surface area contributed by atoms with Crippen molar-refractivity contribution >= 4 is 13.3 Å². The van der Waals surface area contributed by atoms with Crippen LogP contribution < -0.4 is 24.3 Å². The van der Waals surface area contributed by atoms with Crippen molar-refractivity contribution in [3.8, 4) is 0 Å². The Labute approximate surface area is 85.2 Å². The van der Waals surface area contributed by atoms with Crippen LogP contribution in [0.5, 0.6) is 0 Å². The van der Waals surface area contributed by atoms with Gasteiger partial charge in [-0.15, -0.1) is 0 Å². The molecule has 0 aliphatic heterocycles. The Morgan fingerprint density at radius 1 is 0.692 bits per heavy atom. The molecule has 0 bridgehead atoms. The standard InChI is InChI=1S/C6BF5.Li.H/c7-1-2(8)4(10)6(12)5(11)3(1)9;;/q;+1;-1. The van der Waals surface area contributed by atoms with E-state index in [1.807, 2.05) is 0 Å². The minimum absolute atomic E-state index is 0. The molecule has 64 valence electrons. The van der Waals surface area contributed by atoms with Crippen molar-refractivity contribution in [2.24, 2.45) is 0 Å². The molecule has 0 spiro atoms. The first-order valence-corrected chi connectivity index (χ1v) is 2.73. The molecule has 7 heteroatoms. The molecule has 1 aromatic rings. The first-order chi connectivity index (χ1) is 5.46. The number of hydrogen-bond donors (Lipinski definition) is 0. The number of hydrogen-bond acceptors (Lipinski definition) is 0. The summed E-state index contributed by atoms with van der Waals surface area (Å²) in [5.74, 6) is -10.3. The molecule has 1 aromatic carbocycles. The van der Waals surface area contributed by atoms with E-state index < -0.39 is 34.5 Å². The minimum atomic E-state index is -2.21. The van der Waals surface area contributed by atoms with Crippen LogP contribution in [0.4, 0.5) is 22.0 Å². The fourth-order valence-electron chi connectivity index (χ4n) is 0.622. The molecular formula is C6HBF5Li. The second-order valence-corrected chi connectivity index (χ2v) is 1.98. The van der Waals surface area contributed by atoms with Crippen molar-refractivity contribution in [3.63, 3.8) is 0 Å². The Bertz CT molecular complexity index is 240. The smallest absolute Gasteiger partial charge is 1.00 e. The topological polar surface area (TPSA) is 0 Å². The third kappa shape index (κ3) is 1.89. The monoisotopic (exact) mass is 186 g/mol. The summed E-state index contributed by atoms with van der Waals surface area (Å²) in [6, 6.07) is 0. The zero-order valence-electron chi connectivity index (χ0n) is 7.47. The maximum absolute atomic E-state index is 12.3. The van der Waals surface area contributed by atoms with Gasteiger partial charge in [-0.3, -0.25) is 0 Å². The third-order valence-electron chi connectivity index (χ3n) is 1.24. The summed E-state index contributed by atoms with van der Waals surface area (Å²) in [5.41, 5.74) is -1.37. The average molecular weight is 186 g/mol. The minimum Gasteiger partial charge on any atom is -1.00 e. The first-order valence-electron chi connectivity index (χ1n) is 2.73. The van der Waals surface area contributed by atoms with Crippen molar-refractivity contribution in [1.82, 2.24) is 0 Å². The van der Waals surface area contributed by atoms with Gasteiger partial charge in [-0.05, 0) is 5.46 Å². The van der Waals surface area contributed by atoms with Crippen LogP contribution in [-0.2, 0) is 0 Å². The van der Waals surface area contributed by atoms with E-state index in [9.17, 15) is 22.0 Å². The number of rotatable bonds is 0. The van der Waals surface area contributed by atoms with Crippen LogP contribution in [0.1, 0.15) is 1.43 Å². The molecule has 0 unspecified atom stereocenters. The molecule has 13 heavy (non-hydrogen) atoms. The van der Waals surface area contributed by atoms with Gasteiger partial charge in [0.1, 0.15) is 7.85 Å². The Hall–Kier alpha value is -0.468. The Balaban J connectivity index is 0. The predicted molar refractivity (Wildman–Crippen MR) is 32.7 cm³/mol. The van der Waals surface area contributed by atoms with Gasteiger partial charge in [-0.2, -0.15) is 0 Å². The summed E-state index contributed by atoms with van der Waals surface area (Å²) in [6.45, 7) is 0. The second kappa shape index (κ2) is 4.16. The van der Waals surface area contributed by atoms with Gasteiger partial charge in [0, 0.05) is 0 Å². The van der Waals surface area contributed by atoms with Crippen LogP contribution >= 0.6 is 0 Å². The Morgan fingerprint density at radius 2 is 0.923 bits per heavy atom.